The number of anilines is 1. The van der Waals surface area contributed by atoms with Gasteiger partial charge in [-0.15, -0.1) is 0 Å². The monoisotopic (exact) mass is 282 g/mol. The first kappa shape index (κ1) is 14.3. The molecule has 1 N–H and O–H groups in total. The third-order valence-electron chi connectivity index (χ3n) is 3.27. The highest BCUT2D eigenvalue weighted by Crippen LogP contribution is 2.39. The molecule has 1 aliphatic carbocycles. The Bertz CT molecular complexity index is 548. The highest BCUT2D eigenvalue weighted by atomic mass is 16.6. The molecular weight excluding hydrogens is 264 g/mol. The van der Waals surface area contributed by atoms with Gasteiger partial charge >= 0.3 is 11.7 Å². The molecule has 1 saturated carbocycles. The number of carboxylic acid groups (broad SMARTS) is 1. The second-order valence-corrected chi connectivity index (χ2v) is 5.31. The molecule has 1 fully saturated rings. The zero-order chi connectivity index (χ0) is 15.0. The molecule has 0 bridgehead atoms. The van der Waals surface area contributed by atoms with Crippen molar-refractivity contribution in [3.05, 3.63) is 15.8 Å². The molecule has 0 saturated heterocycles. The topological polar surface area (TPSA) is 102 Å². The summed E-state index contributed by atoms with van der Waals surface area (Å²) in [5, 5.41) is 24.5. The van der Waals surface area contributed by atoms with E-state index in [1.165, 1.54) is 0 Å². The maximum absolute atomic E-state index is 11.3. The van der Waals surface area contributed by atoms with Crippen LogP contribution in [0.3, 0.4) is 0 Å². The summed E-state index contributed by atoms with van der Waals surface area (Å²) in [6.45, 7) is 5.06. The minimum atomic E-state index is -1.000. The van der Waals surface area contributed by atoms with Gasteiger partial charge in [0.2, 0.25) is 5.82 Å². The van der Waals surface area contributed by atoms with Gasteiger partial charge in [-0.2, -0.15) is 5.10 Å². The number of nitrogens with zero attached hydrogens (tertiary/aromatic N) is 4. The van der Waals surface area contributed by atoms with Gasteiger partial charge in [0, 0.05) is 12.1 Å². The number of carboxylic acids is 1. The molecule has 1 aliphatic rings. The van der Waals surface area contributed by atoms with Crippen LogP contribution < -0.4 is 4.90 Å². The summed E-state index contributed by atoms with van der Waals surface area (Å²) in [5.74, 6) is -0.687. The lowest BCUT2D eigenvalue weighted by molar-refractivity contribution is -0.384. The smallest absolute Gasteiger partial charge is 0.333 e. The third kappa shape index (κ3) is 2.59. The Labute approximate surface area is 116 Å². The third-order valence-corrected chi connectivity index (χ3v) is 3.27. The van der Waals surface area contributed by atoms with E-state index in [0.29, 0.717) is 11.5 Å². The van der Waals surface area contributed by atoms with E-state index in [9.17, 15) is 14.9 Å². The lowest BCUT2D eigenvalue weighted by Gasteiger charge is -2.23. The van der Waals surface area contributed by atoms with Crippen LogP contribution in [0.2, 0.25) is 0 Å². The predicted octanol–water partition coefficient (Wildman–Crippen LogP) is 1.73. The SMILES string of the molecule is Cc1nn(C(C)C)c(N(CC(=O)O)C2CC2)c1[N+](=O)[O-]. The number of nitro groups is 1. The van der Waals surface area contributed by atoms with Crippen molar-refractivity contribution in [2.75, 3.05) is 11.4 Å². The van der Waals surface area contributed by atoms with Crippen LogP contribution in [0.1, 0.15) is 38.4 Å². The summed E-state index contributed by atoms with van der Waals surface area (Å²) >= 11 is 0. The highest BCUT2D eigenvalue weighted by molar-refractivity contribution is 5.76. The lowest BCUT2D eigenvalue weighted by atomic mass is 10.3. The van der Waals surface area contributed by atoms with Crippen molar-refractivity contribution in [1.82, 2.24) is 9.78 Å². The molecule has 20 heavy (non-hydrogen) atoms. The summed E-state index contributed by atoms with van der Waals surface area (Å²) in [6, 6.07) is -0.0224. The quantitative estimate of drug-likeness (QED) is 0.629. The summed E-state index contributed by atoms with van der Waals surface area (Å²) < 4.78 is 1.55. The Morgan fingerprint density at radius 2 is 2.20 bits per heavy atom. The fourth-order valence-electron chi connectivity index (χ4n) is 2.28. The first-order valence-corrected chi connectivity index (χ1v) is 6.54. The standard InChI is InChI=1S/C12H18N4O4/c1-7(2)15-12(11(16(19)20)8(3)13-15)14(6-10(17)18)9-4-5-9/h7,9H,4-6H2,1-3H3,(H,17,18). The summed E-state index contributed by atoms with van der Waals surface area (Å²) in [7, 11) is 0. The minimum absolute atomic E-state index is 0.0541. The predicted molar refractivity (Wildman–Crippen MR) is 72.0 cm³/mol. The molecule has 1 aromatic rings. The van der Waals surface area contributed by atoms with Crippen LogP contribution in [0.5, 0.6) is 0 Å². The first-order valence-electron chi connectivity index (χ1n) is 6.54. The molecular formula is C12H18N4O4. The fourth-order valence-corrected chi connectivity index (χ4v) is 2.28. The van der Waals surface area contributed by atoms with Crippen molar-refractivity contribution in [2.24, 2.45) is 0 Å². The summed E-state index contributed by atoms with van der Waals surface area (Å²) in [5.41, 5.74) is 0.224. The second kappa shape index (κ2) is 5.10. The van der Waals surface area contributed by atoms with Gasteiger partial charge in [0.1, 0.15) is 12.2 Å². The molecule has 0 radical (unpaired) electrons. The number of rotatable bonds is 6. The van der Waals surface area contributed by atoms with E-state index < -0.39 is 10.9 Å². The van der Waals surface area contributed by atoms with Crippen LogP contribution in [0.4, 0.5) is 11.5 Å². The highest BCUT2D eigenvalue weighted by Gasteiger charge is 2.39. The van der Waals surface area contributed by atoms with Crippen LogP contribution in [-0.4, -0.2) is 38.4 Å². The number of hydrogen-bond acceptors (Lipinski definition) is 5. The van der Waals surface area contributed by atoms with Crippen LogP contribution in [-0.2, 0) is 4.79 Å². The molecule has 2 rings (SSSR count). The van der Waals surface area contributed by atoms with Gasteiger partial charge in [0.25, 0.3) is 0 Å². The van der Waals surface area contributed by atoms with E-state index in [0.717, 1.165) is 12.8 Å². The Hall–Kier alpha value is -2.12. The molecule has 0 spiro atoms. The molecule has 1 heterocycles. The number of aryl methyl sites for hydroxylation is 1. The van der Waals surface area contributed by atoms with Crippen LogP contribution >= 0.6 is 0 Å². The van der Waals surface area contributed by atoms with E-state index in [-0.39, 0.29) is 24.3 Å². The molecule has 8 nitrogen and oxygen atoms in total. The number of carbonyl (C=O) groups is 1. The van der Waals surface area contributed by atoms with E-state index >= 15 is 0 Å². The van der Waals surface area contributed by atoms with Crippen molar-refractivity contribution in [3.63, 3.8) is 0 Å². The number of aliphatic carboxylic acids is 1. The maximum atomic E-state index is 11.3. The number of hydrogen-bond donors (Lipinski definition) is 1. The molecule has 0 aliphatic heterocycles. The number of aromatic nitrogens is 2. The van der Waals surface area contributed by atoms with Crippen LogP contribution in [0.25, 0.3) is 0 Å². The molecule has 1 aromatic heterocycles. The van der Waals surface area contributed by atoms with E-state index in [1.807, 2.05) is 13.8 Å². The molecule has 0 unspecified atom stereocenters. The van der Waals surface area contributed by atoms with Crippen molar-refractivity contribution in [1.29, 1.82) is 0 Å². The van der Waals surface area contributed by atoms with Crippen molar-refractivity contribution in [2.45, 2.75) is 45.7 Å². The maximum Gasteiger partial charge on any atom is 0.333 e. The van der Waals surface area contributed by atoms with Gasteiger partial charge in [-0.1, -0.05) is 0 Å². The fraction of sp³-hybridized carbons (Fsp3) is 0.667. The first-order chi connectivity index (χ1) is 9.32. The molecule has 110 valence electrons. The largest absolute Gasteiger partial charge is 0.480 e. The van der Waals surface area contributed by atoms with E-state index in [4.69, 9.17) is 5.11 Å². The normalized spacial score (nSPS) is 14.6. The molecule has 8 heteroatoms. The zero-order valence-corrected chi connectivity index (χ0v) is 11.7. The van der Waals surface area contributed by atoms with Crippen molar-refractivity contribution >= 4 is 17.5 Å². The van der Waals surface area contributed by atoms with Gasteiger partial charge in [0.15, 0.2) is 0 Å². The summed E-state index contributed by atoms with van der Waals surface area (Å²) in [6.07, 6.45) is 1.71. The Kier molecular flexibility index (Phi) is 3.65. The lowest BCUT2D eigenvalue weighted by Crippen LogP contribution is -2.34. The van der Waals surface area contributed by atoms with Crippen LogP contribution in [0, 0.1) is 17.0 Å². The van der Waals surface area contributed by atoms with Gasteiger partial charge < -0.3 is 10.0 Å². The van der Waals surface area contributed by atoms with Gasteiger partial charge in [0.05, 0.1) is 4.92 Å². The Morgan fingerprint density at radius 3 is 2.60 bits per heavy atom. The van der Waals surface area contributed by atoms with Gasteiger partial charge in [-0.25, -0.2) is 4.68 Å². The second-order valence-electron chi connectivity index (χ2n) is 5.31. The summed E-state index contributed by atoms with van der Waals surface area (Å²) in [4.78, 5) is 23.5. The average Bonchev–Trinajstić information content (AvgIpc) is 3.08. The van der Waals surface area contributed by atoms with E-state index in [2.05, 4.69) is 5.10 Å². The van der Waals surface area contributed by atoms with Crippen molar-refractivity contribution < 1.29 is 14.8 Å². The average molecular weight is 282 g/mol. The minimum Gasteiger partial charge on any atom is -0.480 e. The van der Waals surface area contributed by atoms with E-state index in [1.54, 1.807) is 16.5 Å². The van der Waals surface area contributed by atoms with Crippen molar-refractivity contribution in [3.8, 4) is 0 Å². The molecule has 0 atom stereocenters. The molecule has 0 amide bonds. The Morgan fingerprint density at radius 1 is 1.60 bits per heavy atom. The van der Waals surface area contributed by atoms with Crippen LogP contribution in [0.15, 0.2) is 0 Å². The zero-order valence-electron chi connectivity index (χ0n) is 11.7. The van der Waals surface area contributed by atoms with Gasteiger partial charge in [-0.05, 0) is 33.6 Å². The molecule has 0 aromatic carbocycles. The van der Waals surface area contributed by atoms with Gasteiger partial charge in [-0.3, -0.25) is 14.9 Å². The Balaban J connectivity index is 2.55.